The Balaban J connectivity index is 1.44. The number of amides is 1. The normalized spacial score (nSPS) is 17.2. The minimum absolute atomic E-state index is 0.0742. The molecule has 1 aliphatic rings. The first-order valence-corrected chi connectivity index (χ1v) is 9.93. The molecule has 9 heteroatoms. The summed E-state index contributed by atoms with van der Waals surface area (Å²) >= 11 is 12.1. The summed E-state index contributed by atoms with van der Waals surface area (Å²) in [6, 6.07) is 5.46. The highest BCUT2D eigenvalue weighted by Crippen LogP contribution is 2.26. The lowest BCUT2D eigenvalue weighted by atomic mass is 10.0. The summed E-state index contributed by atoms with van der Waals surface area (Å²) in [6.45, 7) is 1.36. The molecule has 1 aromatic carbocycles. The fraction of sp³-hybridized carbons (Fsp3) is 0.368. The fourth-order valence-electron chi connectivity index (χ4n) is 3.69. The van der Waals surface area contributed by atoms with Crippen molar-refractivity contribution in [3.8, 4) is 0 Å². The molecule has 1 atom stereocenters. The van der Waals surface area contributed by atoms with Crippen LogP contribution in [0.2, 0.25) is 10.0 Å². The van der Waals surface area contributed by atoms with Crippen molar-refractivity contribution in [2.45, 2.75) is 31.7 Å². The number of carbonyl (C=O) groups is 1. The Morgan fingerprint density at radius 2 is 2.00 bits per heavy atom. The number of nitrogen functional groups attached to an aromatic ring is 1. The largest absolute Gasteiger partial charge is 0.383 e. The number of aryl methyl sites for hydroxylation is 1. The van der Waals surface area contributed by atoms with Crippen molar-refractivity contribution in [2.24, 2.45) is 0 Å². The molecular formula is C19H20Cl2N6O. The maximum Gasteiger partial charge on any atom is 0.222 e. The SMILES string of the molecule is Nc1ncnc2c1cnn2C1CCCN(C(=O)CCc2cc(Cl)cc(Cl)c2)C1. The van der Waals surface area contributed by atoms with Crippen molar-refractivity contribution in [3.63, 3.8) is 0 Å². The van der Waals surface area contributed by atoms with Crippen molar-refractivity contribution in [3.05, 3.63) is 46.3 Å². The van der Waals surface area contributed by atoms with E-state index in [-0.39, 0.29) is 11.9 Å². The molecule has 0 saturated carbocycles. The van der Waals surface area contributed by atoms with Gasteiger partial charge in [0.05, 0.1) is 17.6 Å². The van der Waals surface area contributed by atoms with Crippen LogP contribution >= 0.6 is 23.2 Å². The summed E-state index contributed by atoms with van der Waals surface area (Å²) in [5.74, 6) is 0.534. The van der Waals surface area contributed by atoms with Gasteiger partial charge in [0, 0.05) is 29.6 Å². The molecule has 0 radical (unpaired) electrons. The van der Waals surface area contributed by atoms with Gasteiger partial charge >= 0.3 is 0 Å². The minimum Gasteiger partial charge on any atom is -0.383 e. The van der Waals surface area contributed by atoms with Crippen LogP contribution in [-0.4, -0.2) is 43.6 Å². The van der Waals surface area contributed by atoms with E-state index in [1.165, 1.54) is 6.33 Å². The number of fused-ring (bicyclic) bond motifs is 1. The highest BCUT2D eigenvalue weighted by molar-refractivity contribution is 6.34. The van der Waals surface area contributed by atoms with Gasteiger partial charge in [0.15, 0.2) is 5.65 Å². The number of anilines is 1. The standard InChI is InChI=1S/C19H20Cl2N6O/c20-13-6-12(7-14(21)8-13)3-4-17(28)26-5-1-2-15(10-26)27-19-16(9-25-27)18(22)23-11-24-19/h6-9,11,15H,1-5,10H2,(H2,22,23,24). The lowest BCUT2D eigenvalue weighted by Crippen LogP contribution is -2.41. The third kappa shape index (κ3) is 3.91. The number of likely N-dealkylation sites (tertiary alicyclic amines) is 1. The highest BCUT2D eigenvalue weighted by atomic mass is 35.5. The number of carbonyl (C=O) groups excluding carboxylic acids is 1. The summed E-state index contributed by atoms with van der Waals surface area (Å²) in [5, 5.41) is 6.36. The van der Waals surface area contributed by atoms with Crippen LogP contribution in [0.4, 0.5) is 5.82 Å². The Bertz CT molecular complexity index is 1000. The average Bonchev–Trinajstić information content (AvgIpc) is 3.11. The molecule has 2 N–H and O–H groups in total. The number of nitrogens with two attached hydrogens (primary N) is 1. The van der Waals surface area contributed by atoms with Crippen LogP contribution in [0.5, 0.6) is 0 Å². The lowest BCUT2D eigenvalue weighted by molar-refractivity contribution is -0.132. The quantitative estimate of drug-likeness (QED) is 0.699. The number of halogens is 2. The number of hydrogen-bond donors (Lipinski definition) is 1. The zero-order chi connectivity index (χ0) is 19.7. The maximum absolute atomic E-state index is 12.8. The molecule has 0 bridgehead atoms. The number of rotatable bonds is 4. The summed E-state index contributed by atoms with van der Waals surface area (Å²) < 4.78 is 1.86. The van der Waals surface area contributed by atoms with Gasteiger partial charge in [-0.2, -0.15) is 5.10 Å². The predicted octanol–water partition coefficient (Wildman–Crippen LogP) is 3.51. The maximum atomic E-state index is 12.8. The van der Waals surface area contributed by atoms with Crippen molar-refractivity contribution in [1.82, 2.24) is 24.6 Å². The monoisotopic (exact) mass is 418 g/mol. The van der Waals surface area contributed by atoms with Crippen LogP contribution in [0.1, 0.15) is 30.9 Å². The van der Waals surface area contributed by atoms with E-state index in [1.807, 2.05) is 21.7 Å². The van der Waals surface area contributed by atoms with Crippen LogP contribution in [0.3, 0.4) is 0 Å². The zero-order valence-electron chi connectivity index (χ0n) is 15.2. The molecule has 0 spiro atoms. The van der Waals surface area contributed by atoms with Crippen LogP contribution in [0, 0.1) is 0 Å². The Morgan fingerprint density at radius 1 is 1.21 bits per heavy atom. The molecule has 3 aromatic rings. The van der Waals surface area contributed by atoms with Crippen LogP contribution in [0.15, 0.2) is 30.7 Å². The van der Waals surface area contributed by atoms with Gasteiger partial charge < -0.3 is 10.6 Å². The number of nitrogens with zero attached hydrogens (tertiary/aromatic N) is 5. The molecule has 1 aliphatic heterocycles. The number of piperidine rings is 1. The second-order valence-electron chi connectivity index (χ2n) is 7.00. The molecule has 4 rings (SSSR count). The van der Waals surface area contributed by atoms with Gasteiger partial charge in [-0.05, 0) is 43.0 Å². The molecule has 0 aliphatic carbocycles. The Kier molecular flexibility index (Phi) is 5.37. The number of benzene rings is 1. The molecule has 146 valence electrons. The highest BCUT2D eigenvalue weighted by Gasteiger charge is 2.26. The van der Waals surface area contributed by atoms with Gasteiger partial charge in [-0.15, -0.1) is 0 Å². The lowest BCUT2D eigenvalue weighted by Gasteiger charge is -2.33. The summed E-state index contributed by atoms with van der Waals surface area (Å²) in [5.41, 5.74) is 7.57. The first-order chi connectivity index (χ1) is 13.5. The van der Waals surface area contributed by atoms with E-state index in [2.05, 4.69) is 15.1 Å². The number of hydrogen-bond acceptors (Lipinski definition) is 5. The number of aromatic nitrogens is 4. The van der Waals surface area contributed by atoms with Crippen molar-refractivity contribution in [1.29, 1.82) is 0 Å². The molecule has 1 amide bonds. The summed E-state index contributed by atoms with van der Waals surface area (Å²) in [4.78, 5) is 23.0. The first-order valence-electron chi connectivity index (χ1n) is 9.17. The molecule has 28 heavy (non-hydrogen) atoms. The molecule has 7 nitrogen and oxygen atoms in total. The summed E-state index contributed by atoms with van der Waals surface area (Å²) in [6.07, 6.45) is 6.01. The summed E-state index contributed by atoms with van der Waals surface area (Å²) in [7, 11) is 0. The molecular weight excluding hydrogens is 399 g/mol. The first kappa shape index (κ1) is 19.0. The van der Waals surface area contributed by atoms with Crippen molar-refractivity contribution in [2.75, 3.05) is 18.8 Å². The van der Waals surface area contributed by atoms with Crippen molar-refractivity contribution < 1.29 is 4.79 Å². The van der Waals surface area contributed by atoms with Gasteiger partial charge in [0.25, 0.3) is 0 Å². The topological polar surface area (TPSA) is 89.9 Å². The Labute approximate surface area is 172 Å². The molecule has 1 saturated heterocycles. The predicted molar refractivity (Wildman–Crippen MR) is 109 cm³/mol. The van der Waals surface area contributed by atoms with Gasteiger partial charge in [0.1, 0.15) is 12.1 Å². The van der Waals surface area contributed by atoms with Crippen LogP contribution in [-0.2, 0) is 11.2 Å². The van der Waals surface area contributed by atoms with E-state index in [0.717, 1.165) is 30.3 Å². The van der Waals surface area contributed by atoms with Crippen LogP contribution < -0.4 is 5.73 Å². The van der Waals surface area contributed by atoms with E-state index in [9.17, 15) is 4.79 Å². The third-order valence-electron chi connectivity index (χ3n) is 5.07. The van der Waals surface area contributed by atoms with Crippen molar-refractivity contribution >= 4 is 46.0 Å². The average molecular weight is 419 g/mol. The van der Waals surface area contributed by atoms with E-state index < -0.39 is 0 Å². The second-order valence-corrected chi connectivity index (χ2v) is 7.87. The molecule has 1 fully saturated rings. The Morgan fingerprint density at radius 3 is 2.79 bits per heavy atom. The van der Waals surface area contributed by atoms with Gasteiger partial charge in [-0.25, -0.2) is 14.6 Å². The Hall–Kier alpha value is -2.38. The van der Waals surface area contributed by atoms with E-state index in [0.29, 0.717) is 40.9 Å². The second kappa shape index (κ2) is 7.93. The fourth-order valence-corrected chi connectivity index (χ4v) is 4.26. The molecule has 3 heterocycles. The molecule has 2 aromatic heterocycles. The zero-order valence-corrected chi connectivity index (χ0v) is 16.7. The minimum atomic E-state index is 0.0742. The van der Waals surface area contributed by atoms with Gasteiger partial charge in [-0.3, -0.25) is 4.79 Å². The van der Waals surface area contributed by atoms with Gasteiger partial charge in [-0.1, -0.05) is 23.2 Å². The van der Waals surface area contributed by atoms with Crippen LogP contribution in [0.25, 0.3) is 11.0 Å². The van der Waals surface area contributed by atoms with E-state index >= 15 is 0 Å². The smallest absolute Gasteiger partial charge is 0.222 e. The van der Waals surface area contributed by atoms with E-state index in [4.69, 9.17) is 28.9 Å². The van der Waals surface area contributed by atoms with E-state index in [1.54, 1.807) is 12.3 Å². The molecule has 1 unspecified atom stereocenters. The third-order valence-corrected chi connectivity index (χ3v) is 5.50. The van der Waals surface area contributed by atoms with Gasteiger partial charge in [0.2, 0.25) is 5.91 Å².